The summed E-state index contributed by atoms with van der Waals surface area (Å²) < 4.78 is 0. The average Bonchev–Trinajstić information content (AvgIpc) is 3.06. The number of aryl methyl sites for hydroxylation is 1. The normalized spacial score (nSPS) is 18.6. The van der Waals surface area contributed by atoms with Crippen LogP contribution in [0.4, 0.5) is 0 Å². The molecule has 1 aliphatic rings. The maximum Gasteiger partial charge on any atom is 0.227 e. The Bertz CT molecular complexity index is 670. The number of carbonyl (C=O) groups excluding carboxylic acids is 1. The number of nitrogens with zero attached hydrogens (tertiary/aromatic N) is 2. The lowest BCUT2D eigenvalue weighted by atomic mass is 10.0. The highest BCUT2D eigenvalue weighted by atomic mass is 16.3. The van der Waals surface area contributed by atoms with Crippen LogP contribution in [0.25, 0.3) is 0 Å². The molecule has 1 aliphatic heterocycles. The SMILES string of the molecule is Cc1ccc(CC(=O)N2CCC[C@@H]2C[C@@H](O)c2ccccc2)cn1. The van der Waals surface area contributed by atoms with Gasteiger partial charge < -0.3 is 10.0 Å². The molecule has 2 aromatic rings. The summed E-state index contributed by atoms with van der Waals surface area (Å²) in [6.07, 6.45) is 4.20. The summed E-state index contributed by atoms with van der Waals surface area (Å²) in [5.41, 5.74) is 2.82. The summed E-state index contributed by atoms with van der Waals surface area (Å²) in [4.78, 5) is 18.8. The fourth-order valence-electron chi connectivity index (χ4n) is 3.36. The van der Waals surface area contributed by atoms with E-state index in [0.717, 1.165) is 36.2 Å². The molecule has 0 radical (unpaired) electrons. The zero-order valence-corrected chi connectivity index (χ0v) is 14.1. The third-order valence-corrected chi connectivity index (χ3v) is 4.71. The number of aliphatic hydroxyl groups excluding tert-OH is 1. The van der Waals surface area contributed by atoms with Crippen molar-refractivity contribution in [3.05, 3.63) is 65.5 Å². The molecule has 0 aliphatic carbocycles. The van der Waals surface area contributed by atoms with E-state index in [4.69, 9.17) is 0 Å². The molecule has 1 aromatic heterocycles. The fraction of sp³-hybridized carbons (Fsp3) is 0.400. The zero-order valence-electron chi connectivity index (χ0n) is 14.1. The van der Waals surface area contributed by atoms with Crippen LogP contribution in [-0.2, 0) is 11.2 Å². The molecule has 2 heterocycles. The van der Waals surface area contributed by atoms with Crippen molar-refractivity contribution in [1.82, 2.24) is 9.88 Å². The van der Waals surface area contributed by atoms with E-state index in [1.807, 2.05) is 54.3 Å². The Hall–Kier alpha value is -2.20. The number of amides is 1. The summed E-state index contributed by atoms with van der Waals surface area (Å²) in [5, 5.41) is 10.5. The summed E-state index contributed by atoms with van der Waals surface area (Å²) in [6.45, 7) is 2.72. The maximum absolute atomic E-state index is 12.6. The molecule has 3 rings (SSSR count). The van der Waals surface area contributed by atoms with Gasteiger partial charge in [0.05, 0.1) is 12.5 Å². The second-order valence-electron chi connectivity index (χ2n) is 6.53. The van der Waals surface area contributed by atoms with Gasteiger partial charge in [0.1, 0.15) is 0 Å². The Morgan fingerprint density at radius 3 is 2.79 bits per heavy atom. The first-order chi connectivity index (χ1) is 11.6. The first-order valence-electron chi connectivity index (χ1n) is 8.57. The summed E-state index contributed by atoms with van der Waals surface area (Å²) >= 11 is 0. The molecule has 0 spiro atoms. The van der Waals surface area contributed by atoms with E-state index in [1.54, 1.807) is 6.20 Å². The molecule has 1 aromatic carbocycles. The van der Waals surface area contributed by atoms with Gasteiger partial charge in [-0.3, -0.25) is 9.78 Å². The van der Waals surface area contributed by atoms with Gasteiger partial charge in [0.2, 0.25) is 5.91 Å². The number of aliphatic hydroxyl groups is 1. The van der Waals surface area contributed by atoms with Crippen molar-refractivity contribution in [2.45, 2.75) is 44.8 Å². The van der Waals surface area contributed by atoms with Gasteiger partial charge in [-0.25, -0.2) is 0 Å². The summed E-state index contributed by atoms with van der Waals surface area (Å²) in [6, 6.07) is 13.7. The molecule has 1 saturated heterocycles. The van der Waals surface area contributed by atoms with E-state index >= 15 is 0 Å². The van der Waals surface area contributed by atoms with Crippen LogP contribution in [-0.4, -0.2) is 33.5 Å². The van der Waals surface area contributed by atoms with E-state index < -0.39 is 6.10 Å². The smallest absolute Gasteiger partial charge is 0.227 e. The molecule has 4 heteroatoms. The highest BCUT2D eigenvalue weighted by molar-refractivity contribution is 5.79. The first kappa shape index (κ1) is 16.7. The van der Waals surface area contributed by atoms with Gasteiger partial charge in [-0.15, -0.1) is 0 Å². The molecule has 24 heavy (non-hydrogen) atoms. The van der Waals surface area contributed by atoms with Gasteiger partial charge in [0.15, 0.2) is 0 Å². The molecule has 1 fully saturated rings. The van der Waals surface area contributed by atoms with E-state index in [1.165, 1.54) is 0 Å². The van der Waals surface area contributed by atoms with Gasteiger partial charge in [-0.1, -0.05) is 36.4 Å². The Balaban J connectivity index is 1.62. The molecular weight excluding hydrogens is 300 g/mol. The van der Waals surface area contributed by atoms with Crippen LogP contribution in [0.3, 0.4) is 0 Å². The monoisotopic (exact) mass is 324 g/mol. The van der Waals surface area contributed by atoms with Gasteiger partial charge >= 0.3 is 0 Å². The molecule has 0 unspecified atom stereocenters. The number of pyridine rings is 1. The van der Waals surface area contributed by atoms with Crippen LogP contribution in [0, 0.1) is 6.92 Å². The second-order valence-corrected chi connectivity index (χ2v) is 6.53. The Morgan fingerprint density at radius 1 is 1.29 bits per heavy atom. The highest BCUT2D eigenvalue weighted by Crippen LogP contribution is 2.27. The predicted octanol–water partition coefficient (Wildman–Crippen LogP) is 3.05. The van der Waals surface area contributed by atoms with Gasteiger partial charge in [-0.05, 0) is 43.4 Å². The number of aromatic nitrogens is 1. The van der Waals surface area contributed by atoms with Crippen molar-refractivity contribution in [3.8, 4) is 0 Å². The lowest BCUT2D eigenvalue weighted by Crippen LogP contribution is -2.37. The number of carbonyl (C=O) groups is 1. The van der Waals surface area contributed by atoms with Crippen LogP contribution >= 0.6 is 0 Å². The third-order valence-electron chi connectivity index (χ3n) is 4.71. The Labute approximate surface area is 143 Å². The minimum Gasteiger partial charge on any atom is -0.388 e. The highest BCUT2D eigenvalue weighted by Gasteiger charge is 2.30. The molecule has 1 N–H and O–H groups in total. The number of hydrogen-bond acceptors (Lipinski definition) is 3. The summed E-state index contributed by atoms with van der Waals surface area (Å²) in [7, 11) is 0. The zero-order chi connectivity index (χ0) is 16.9. The van der Waals surface area contributed by atoms with Crippen molar-refractivity contribution in [2.24, 2.45) is 0 Å². The van der Waals surface area contributed by atoms with Crippen molar-refractivity contribution < 1.29 is 9.90 Å². The van der Waals surface area contributed by atoms with Crippen LogP contribution in [0.5, 0.6) is 0 Å². The van der Waals surface area contributed by atoms with Crippen molar-refractivity contribution in [1.29, 1.82) is 0 Å². The molecule has 2 atom stereocenters. The topological polar surface area (TPSA) is 53.4 Å². The van der Waals surface area contributed by atoms with Crippen LogP contribution in [0.2, 0.25) is 0 Å². The fourth-order valence-corrected chi connectivity index (χ4v) is 3.36. The first-order valence-corrected chi connectivity index (χ1v) is 8.57. The van der Waals surface area contributed by atoms with E-state index in [0.29, 0.717) is 12.8 Å². The average molecular weight is 324 g/mol. The van der Waals surface area contributed by atoms with Crippen molar-refractivity contribution >= 4 is 5.91 Å². The lowest BCUT2D eigenvalue weighted by molar-refractivity contribution is -0.131. The van der Waals surface area contributed by atoms with E-state index in [9.17, 15) is 9.90 Å². The van der Waals surface area contributed by atoms with E-state index in [2.05, 4.69) is 4.98 Å². The quantitative estimate of drug-likeness (QED) is 0.920. The second kappa shape index (κ2) is 7.58. The number of benzene rings is 1. The minimum atomic E-state index is -0.523. The number of rotatable bonds is 5. The van der Waals surface area contributed by atoms with Crippen molar-refractivity contribution in [2.75, 3.05) is 6.54 Å². The van der Waals surface area contributed by atoms with Gasteiger partial charge in [-0.2, -0.15) is 0 Å². The molecule has 1 amide bonds. The minimum absolute atomic E-state index is 0.117. The van der Waals surface area contributed by atoms with Crippen LogP contribution in [0.1, 0.15) is 42.2 Å². The third kappa shape index (κ3) is 4.01. The maximum atomic E-state index is 12.6. The number of likely N-dealkylation sites (tertiary alicyclic amines) is 1. The lowest BCUT2D eigenvalue weighted by Gasteiger charge is -2.27. The molecule has 126 valence electrons. The van der Waals surface area contributed by atoms with E-state index in [-0.39, 0.29) is 11.9 Å². The molecular formula is C20H24N2O2. The van der Waals surface area contributed by atoms with Gasteiger partial charge in [0.25, 0.3) is 0 Å². The molecule has 0 saturated carbocycles. The Morgan fingerprint density at radius 2 is 2.08 bits per heavy atom. The largest absolute Gasteiger partial charge is 0.388 e. The Kier molecular flexibility index (Phi) is 5.26. The number of hydrogen-bond donors (Lipinski definition) is 1. The van der Waals surface area contributed by atoms with Gasteiger partial charge in [0, 0.05) is 24.5 Å². The molecule has 0 bridgehead atoms. The standard InChI is InChI=1S/C20H24N2O2/c1-15-9-10-16(14-21-15)12-20(24)22-11-5-8-18(22)13-19(23)17-6-3-2-4-7-17/h2-4,6-7,9-10,14,18-19,23H,5,8,11-13H2,1H3/t18-,19-/m1/s1. The predicted molar refractivity (Wildman–Crippen MR) is 93.4 cm³/mol. The van der Waals surface area contributed by atoms with Crippen LogP contribution < -0.4 is 0 Å². The van der Waals surface area contributed by atoms with Crippen LogP contribution in [0.15, 0.2) is 48.7 Å². The van der Waals surface area contributed by atoms with Crippen molar-refractivity contribution in [3.63, 3.8) is 0 Å². The molecule has 4 nitrogen and oxygen atoms in total. The summed E-state index contributed by atoms with van der Waals surface area (Å²) in [5.74, 6) is 0.128.